The zero-order chi connectivity index (χ0) is 13.8. The minimum absolute atomic E-state index is 0.154. The molecule has 1 aliphatic heterocycles. The van der Waals surface area contributed by atoms with Gasteiger partial charge in [0.25, 0.3) is 0 Å². The van der Waals surface area contributed by atoms with Crippen LogP contribution in [0, 0.1) is 0 Å². The van der Waals surface area contributed by atoms with E-state index in [1.807, 2.05) is 35.2 Å². The Morgan fingerprint density at radius 1 is 1.42 bits per heavy atom. The number of likely N-dealkylation sites (tertiary alicyclic amines) is 1. The van der Waals surface area contributed by atoms with Crippen LogP contribution in [-0.4, -0.2) is 39.7 Å². The summed E-state index contributed by atoms with van der Waals surface area (Å²) in [4.78, 5) is 13.1. The van der Waals surface area contributed by atoms with Crippen LogP contribution in [0.25, 0.3) is 0 Å². The van der Waals surface area contributed by atoms with Crippen LogP contribution in [0.2, 0.25) is 0 Å². The molecule has 0 aliphatic carbocycles. The molecule has 1 aromatic carbocycles. The van der Waals surface area contributed by atoms with Crippen molar-refractivity contribution in [2.45, 2.75) is 44.4 Å². The van der Waals surface area contributed by atoms with E-state index < -0.39 is 18.1 Å². The molecule has 2 rings (SSSR count). The SMILES string of the molecule is C[C@H](C(=O)O)N1CCC[C@@H]1C[C@H](O)c1ccccc1. The highest BCUT2D eigenvalue weighted by Crippen LogP contribution is 2.28. The molecule has 1 saturated heterocycles. The molecule has 0 aromatic heterocycles. The molecule has 1 aliphatic rings. The van der Waals surface area contributed by atoms with Crippen LogP contribution < -0.4 is 0 Å². The predicted molar refractivity (Wildman–Crippen MR) is 72.8 cm³/mol. The van der Waals surface area contributed by atoms with Crippen LogP contribution in [0.5, 0.6) is 0 Å². The number of aliphatic hydroxyl groups excluding tert-OH is 1. The first-order chi connectivity index (χ1) is 9.09. The molecule has 19 heavy (non-hydrogen) atoms. The molecule has 0 bridgehead atoms. The average Bonchev–Trinajstić information content (AvgIpc) is 2.86. The number of carboxylic acids is 1. The molecule has 104 valence electrons. The Morgan fingerprint density at radius 3 is 2.74 bits per heavy atom. The van der Waals surface area contributed by atoms with Gasteiger partial charge in [-0.2, -0.15) is 0 Å². The Hall–Kier alpha value is -1.39. The molecule has 0 radical (unpaired) electrons. The Kier molecular flexibility index (Phi) is 4.56. The van der Waals surface area contributed by atoms with Gasteiger partial charge in [-0.05, 0) is 38.3 Å². The van der Waals surface area contributed by atoms with Gasteiger partial charge in [0.2, 0.25) is 0 Å². The first-order valence-electron chi connectivity index (χ1n) is 6.81. The lowest BCUT2D eigenvalue weighted by Gasteiger charge is -2.29. The fourth-order valence-corrected chi connectivity index (χ4v) is 2.83. The summed E-state index contributed by atoms with van der Waals surface area (Å²) in [5.74, 6) is -0.791. The van der Waals surface area contributed by atoms with Crippen molar-refractivity contribution in [3.8, 4) is 0 Å². The van der Waals surface area contributed by atoms with Crippen molar-refractivity contribution >= 4 is 5.97 Å². The van der Waals surface area contributed by atoms with E-state index in [0.29, 0.717) is 6.42 Å². The van der Waals surface area contributed by atoms with Crippen LogP contribution in [0.15, 0.2) is 30.3 Å². The maximum absolute atomic E-state index is 11.1. The summed E-state index contributed by atoms with van der Waals surface area (Å²) in [6, 6.07) is 9.23. The normalized spacial score (nSPS) is 23.2. The maximum atomic E-state index is 11.1. The van der Waals surface area contributed by atoms with E-state index in [1.165, 1.54) is 0 Å². The van der Waals surface area contributed by atoms with E-state index in [9.17, 15) is 9.90 Å². The van der Waals surface area contributed by atoms with Crippen molar-refractivity contribution in [3.63, 3.8) is 0 Å². The molecule has 1 heterocycles. The number of rotatable bonds is 5. The standard InChI is InChI=1S/C15H21NO3/c1-11(15(18)19)16-9-5-8-13(16)10-14(17)12-6-3-2-4-7-12/h2-4,6-7,11,13-14,17H,5,8-10H2,1H3,(H,18,19)/t11-,13-,14+/m1/s1. The maximum Gasteiger partial charge on any atom is 0.320 e. The fourth-order valence-electron chi connectivity index (χ4n) is 2.83. The molecule has 0 unspecified atom stereocenters. The zero-order valence-corrected chi connectivity index (χ0v) is 11.2. The number of hydrogen-bond acceptors (Lipinski definition) is 3. The molecular weight excluding hydrogens is 242 g/mol. The van der Waals surface area contributed by atoms with Crippen LogP contribution >= 0.6 is 0 Å². The lowest BCUT2D eigenvalue weighted by Crippen LogP contribution is -2.42. The highest BCUT2D eigenvalue weighted by atomic mass is 16.4. The van der Waals surface area contributed by atoms with E-state index in [1.54, 1.807) is 6.92 Å². The van der Waals surface area contributed by atoms with Gasteiger partial charge in [0.1, 0.15) is 6.04 Å². The molecule has 0 amide bonds. The quantitative estimate of drug-likeness (QED) is 0.853. The summed E-state index contributed by atoms with van der Waals surface area (Å²) in [5, 5.41) is 19.4. The van der Waals surface area contributed by atoms with Crippen molar-refractivity contribution < 1.29 is 15.0 Å². The van der Waals surface area contributed by atoms with Gasteiger partial charge in [-0.1, -0.05) is 30.3 Å². The highest BCUT2D eigenvalue weighted by Gasteiger charge is 2.33. The first-order valence-corrected chi connectivity index (χ1v) is 6.81. The van der Waals surface area contributed by atoms with E-state index in [2.05, 4.69) is 0 Å². The van der Waals surface area contributed by atoms with Crippen molar-refractivity contribution in [3.05, 3.63) is 35.9 Å². The second-order valence-corrected chi connectivity index (χ2v) is 5.21. The molecule has 1 fully saturated rings. The van der Waals surface area contributed by atoms with E-state index in [-0.39, 0.29) is 6.04 Å². The van der Waals surface area contributed by atoms with Gasteiger partial charge in [0.05, 0.1) is 6.10 Å². The Morgan fingerprint density at radius 2 is 2.11 bits per heavy atom. The zero-order valence-electron chi connectivity index (χ0n) is 11.2. The number of carbonyl (C=O) groups is 1. The highest BCUT2D eigenvalue weighted by molar-refractivity contribution is 5.73. The molecular formula is C15H21NO3. The minimum Gasteiger partial charge on any atom is -0.480 e. The van der Waals surface area contributed by atoms with E-state index in [4.69, 9.17) is 5.11 Å². The second-order valence-electron chi connectivity index (χ2n) is 5.21. The number of benzene rings is 1. The lowest BCUT2D eigenvalue weighted by molar-refractivity contribution is -0.143. The minimum atomic E-state index is -0.791. The van der Waals surface area contributed by atoms with Gasteiger partial charge in [-0.15, -0.1) is 0 Å². The molecule has 0 spiro atoms. The van der Waals surface area contributed by atoms with Crippen molar-refractivity contribution in [1.82, 2.24) is 4.90 Å². The molecule has 3 atom stereocenters. The number of aliphatic hydroxyl groups is 1. The molecule has 4 nitrogen and oxygen atoms in total. The second kappa shape index (κ2) is 6.17. The number of aliphatic carboxylic acids is 1. The number of nitrogens with zero attached hydrogens (tertiary/aromatic N) is 1. The topological polar surface area (TPSA) is 60.8 Å². The van der Waals surface area contributed by atoms with Gasteiger partial charge in [-0.25, -0.2) is 0 Å². The third-order valence-corrected chi connectivity index (χ3v) is 3.96. The summed E-state index contributed by atoms with van der Waals surface area (Å²) in [5.41, 5.74) is 0.900. The fraction of sp³-hybridized carbons (Fsp3) is 0.533. The predicted octanol–water partition coefficient (Wildman–Crippen LogP) is 2.05. The molecule has 0 saturated carbocycles. The van der Waals surface area contributed by atoms with Crippen LogP contribution in [0.1, 0.15) is 37.9 Å². The Labute approximate surface area is 113 Å². The summed E-state index contributed by atoms with van der Waals surface area (Å²) in [7, 11) is 0. The smallest absolute Gasteiger partial charge is 0.320 e. The summed E-state index contributed by atoms with van der Waals surface area (Å²) < 4.78 is 0. The van der Waals surface area contributed by atoms with Crippen LogP contribution in [0.4, 0.5) is 0 Å². The summed E-state index contributed by atoms with van der Waals surface area (Å²) >= 11 is 0. The van der Waals surface area contributed by atoms with Gasteiger partial charge >= 0.3 is 5.97 Å². The lowest BCUT2D eigenvalue weighted by atomic mass is 10.00. The Balaban J connectivity index is 2.00. The van der Waals surface area contributed by atoms with Crippen molar-refractivity contribution in [2.75, 3.05) is 6.54 Å². The molecule has 1 aromatic rings. The monoisotopic (exact) mass is 263 g/mol. The van der Waals surface area contributed by atoms with Gasteiger partial charge < -0.3 is 10.2 Å². The molecule has 4 heteroatoms. The van der Waals surface area contributed by atoms with E-state index in [0.717, 1.165) is 24.9 Å². The first kappa shape index (κ1) is 14.0. The molecule has 2 N–H and O–H groups in total. The number of hydrogen-bond donors (Lipinski definition) is 2. The van der Waals surface area contributed by atoms with Crippen LogP contribution in [-0.2, 0) is 4.79 Å². The number of carboxylic acid groups (broad SMARTS) is 1. The Bertz CT molecular complexity index is 421. The largest absolute Gasteiger partial charge is 0.480 e. The van der Waals surface area contributed by atoms with Gasteiger partial charge in [0.15, 0.2) is 0 Å². The average molecular weight is 263 g/mol. The third kappa shape index (κ3) is 3.33. The van der Waals surface area contributed by atoms with Gasteiger partial charge in [0, 0.05) is 6.04 Å². The van der Waals surface area contributed by atoms with Crippen molar-refractivity contribution in [2.24, 2.45) is 0 Å². The summed E-state index contributed by atoms with van der Waals surface area (Å²) in [6.45, 7) is 2.52. The summed E-state index contributed by atoms with van der Waals surface area (Å²) in [6.07, 6.45) is 2.04. The third-order valence-electron chi connectivity index (χ3n) is 3.96. The van der Waals surface area contributed by atoms with E-state index >= 15 is 0 Å². The van der Waals surface area contributed by atoms with Gasteiger partial charge in [-0.3, -0.25) is 9.69 Å². The van der Waals surface area contributed by atoms with Crippen molar-refractivity contribution in [1.29, 1.82) is 0 Å². The van der Waals surface area contributed by atoms with Crippen LogP contribution in [0.3, 0.4) is 0 Å².